The number of unbranched alkanes of at least 4 members (excludes halogenated alkanes) is 1. The smallest absolute Gasteiger partial charge is 0.408 e. The van der Waals surface area contributed by atoms with Crippen molar-refractivity contribution in [2.75, 3.05) is 13.2 Å². The number of hydrogen-bond donors (Lipinski definition) is 1. The second-order valence-electron chi connectivity index (χ2n) is 11.7. The van der Waals surface area contributed by atoms with Gasteiger partial charge in [0.1, 0.15) is 11.4 Å². The number of rotatable bonds is 13. The molecule has 2 fully saturated rings. The summed E-state index contributed by atoms with van der Waals surface area (Å²) >= 11 is 0. The number of hydrogen-bond acceptors (Lipinski definition) is 8. The van der Waals surface area contributed by atoms with Crippen LogP contribution in [0.25, 0.3) is 0 Å². The van der Waals surface area contributed by atoms with Gasteiger partial charge in [0, 0.05) is 44.8 Å². The number of pyridine rings is 1. The largest absolute Gasteiger partial charge is 0.491 e. The van der Waals surface area contributed by atoms with Gasteiger partial charge in [0.15, 0.2) is 5.60 Å². The Kier molecular flexibility index (Phi) is 9.45. The van der Waals surface area contributed by atoms with Gasteiger partial charge in [0.25, 0.3) is 0 Å². The van der Waals surface area contributed by atoms with Crippen LogP contribution in [-0.4, -0.2) is 59.4 Å². The Hall–Kier alpha value is -2.39. The topological polar surface area (TPSA) is 105 Å². The number of nitrogens with zero attached hydrogens (tertiary/aromatic N) is 1. The van der Waals surface area contributed by atoms with Crippen molar-refractivity contribution in [3.05, 3.63) is 24.0 Å². The van der Waals surface area contributed by atoms with Crippen LogP contribution in [0.5, 0.6) is 5.75 Å². The van der Waals surface area contributed by atoms with Crippen LogP contribution >= 0.6 is 0 Å². The molecule has 1 aliphatic carbocycles. The van der Waals surface area contributed by atoms with E-state index in [9.17, 15) is 9.59 Å². The van der Waals surface area contributed by atoms with Gasteiger partial charge in [-0.1, -0.05) is 19.8 Å². The number of aromatic nitrogens is 1. The average Bonchev–Trinajstić information content (AvgIpc) is 3.55. The van der Waals surface area contributed by atoms with E-state index in [2.05, 4.69) is 17.2 Å². The van der Waals surface area contributed by atoms with E-state index in [-0.39, 0.29) is 19.1 Å². The number of ether oxygens (including phenoxy) is 5. The second kappa shape index (κ2) is 12.0. The Morgan fingerprint density at radius 1 is 1.30 bits per heavy atom. The molecule has 0 aromatic carbocycles. The third kappa shape index (κ3) is 8.85. The first-order valence-electron chi connectivity index (χ1n) is 13.4. The Labute approximate surface area is 220 Å². The van der Waals surface area contributed by atoms with Gasteiger partial charge >= 0.3 is 12.1 Å². The van der Waals surface area contributed by atoms with Crippen LogP contribution < -0.4 is 10.1 Å². The van der Waals surface area contributed by atoms with E-state index in [1.54, 1.807) is 46.9 Å². The van der Waals surface area contributed by atoms with Gasteiger partial charge in [-0.25, -0.2) is 9.59 Å². The van der Waals surface area contributed by atoms with Crippen LogP contribution in [0.1, 0.15) is 86.3 Å². The summed E-state index contributed by atoms with van der Waals surface area (Å²) in [5, 5.41) is 2.84. The molecule has 1 aliphatic heterocycles. The van der Waals surface area contributed by atoms with Crippen LogP contribution in [0.2, 0.25) is 0 Å². The highest BCUT2D eigenvalue weighted by molar-refractivity contribution is 5.84. The summed E-state index contributed by atoms with van der Waals surface area (Å²) in [6, 6.07) is 2.73. The predicted molar refractivity (Wildman–Crippen MR) is 138 cm³/mol. The fourth-order valence-corrected chi connectivity index (χ4v) is 4.31. The molecule has 37 heavy (non-hydrogen) atoms. The van der Waals surface area contributed by atoms with Gasteiger partial charge in [-0.2, -0.15) is 0 Å². The minimum atomic E-state index is -1.57. The van der Waals surface area contributed by atoms with Crippen LogP contribution in [0.15, 0.2) is 18.3 Å². The first-order valence-corrected chi connectivity index (χ1v) is 13.4. The van der Waals surface area contributed by atoms with E-state index < -0.39 is 35.1 Å². The molecule has 1 aromatic rings. The maximum atomic E-state index is 13.5. The molecule has 1 saturated carbocycles. The average molecular weight is 521 g/mol. The lowest BCUT2D eigenvalue weighted by Crippen LogP contribution is -2.61. The number of cyclic esters (lactones) is 1. The first-order chi connectivity index (χ1) is 17.3. The summed E-state index contributed by atoms with van der Waals surface area (Å²) in [7, 11) is 0. The molecule has 2 aliphatic rings. The normalized spacial score (nSPS) is 22.7. The predicted octanol–water partition coefficient (Wildman–Crippen LogP) is 4.95. The Morgan fingerprint density at radius 2 is 2.03 bits per heavy atom. The highest BCUT2D eigenvalue weighted by Gasteiger charge is 2.59. The Balaban J connectivity index is 1.87. The molecule has 208 valence electrons. The third-order valence-corrected chi connectivity index (χ3v) is 6.23. The molecule has 0 spiro atoms. The number of nitrogens with one attached hydrogen (secondary N) is 1. The molecule has 3 rings (SSSR count). The van der Waals surface area contributed by atoms with E-state index in [1.165, 1.54) is 0 Å². The fourth-order valence-electron chi connectivity index (χ4n) is 4.31. The first kappa shape index (κ1) is 29.2. The molecule has 3 atom stereocenters. The van der Waals surface area contributed by atoms with E-state index >= 15 is 0 Å². The molecular weight excluding hydrogens is 476 g/mol. The Bertz CT molecular complexity index is 925. The number of esters is 1. The molecule has 1 saturated heterocycles. The number of alkyl carbamates (subject to hydrolysis) is 1. The van der Waals surface area contributed by atoms with Crippen molar-refractivity contribution in [1.82, 2.24) is 10.3 Å². The lowest BCUT2D eigenvalue weighted by molar-refractivity contribution is -0.172. The maximum absolute atomic E-state index is 13.5. The quantitative estimate of drug-likeness (QED) is 0.364. The van der Waals surface area contributed by atoms with Crippen molar-refractivity contribution in [1.29, 1.82) is 0 Å². The lowest BCUT2D eigenvalue weighted by Gasteiger charge is -2.35. The van der Waals surface area contributed by atoms with Crippen molar-refractivity contribution >= 4 is 12.1 Å². The molecule has 0 radical (unpaired) electrons. The highest BCUT2D eigenvalue weighted by Crippen LogP contribution is 2.38. The molecule has 1 aromatic heterocycles. The second-order valence-corrected chi connectivity index (χ2v) is 11.7. The van der Waals surface area contributed by atoms with Crippen LogP contribution in [0.4, 0.5) is 4.79 Å². The van der Waals surface area contributed by atoms with Crippen LogP contribution in [0.3, 0.4) is 0 Å². The summed E-state index contributed by atoms with van der Waals surface area (Å²) in [5.74, 6) is -0.602. The van der Waals surface area contributed by atoms with E-state index in [4.69, 9.17) is 23.7 Å². The van der Waals surface area contributed by atoms with E-state index in [0.29, 0.717) is 24.0 Å². The third-order valence-electron chi connectivity index (χ3n) is 6.23. The monoisotopic (exact) mass is 520 g/mol. The zero-order valence-corrected chi connectivity index (χ0v) is 23.4. The number of carbonyl (C=O) groups excluding carboxylic acids is 2. The van der Waals surface area contributed by atoms with Gasteiger partial charge in [-0.15, -0.1) is 0 Å². The Morgan fingerprint density at radius 3 is 2.62 bits per heavy atom. The maximum Gasteiger partial charge on any atom is 0.408 e. The summed E-state index contributed by atoms with van der Waals surface area (Å²) in [5.41, 5.74) is -1.70. The molecule has 1 N–H and O–H groups in total. The molecule has 2 heterocycles. The molecular formula is C28H44N2O7. The van der Waals surface area contributed by atoms with Crippen molar-refractivity contribution in [2.24, 2.45) is 5.92 Å². The van der Waals surface area contributed by atoms with Gasteiger partial charge < -0.3 is 29.0 Å². The highest BCUT2D eigenvalue weighted by atomic mass is 16.8. The molecule has 9 nitrogen and oxygen atoms in total. The number of carbonyl (C=O) groups is 2. The summed E-state index contributed by atoms with van der Waals surface area (Å²) < 4.78 is 29.4. The van der Waals surface area contributed by atoms with Crippen LogP contribution in [0, 0.1) is 5.92 Å². The molecule has 1 amide bonds. The SMILES string of the molecule is CCCC[C@@H](C)Oc1ccnc(C[C@]2([C@H](COCC3CC3)NC(=O)OC(C)(C)C)OC(C)(C)OC2=O)c1. The minimum Gasteiger partial charge on any atom is -0.491 e. The molecule has 0 unspecified atom stereocenters. The molecule has 9 heteroatoms. The minimum absolute atomic E-state index is 0.0493. The number of amides is 1. The zero-order valence-electron chi connectivity index (χ0n) is 23.4. The van der Waals surface area contributed by atoms with Gasteiger partial charge in [0.2, 0.25) is 5.79 Å². The van der Waals surface area contributed by atoms with Gasteiger partial charge in [0.05, 0.1) is 18.8 Å². The standard InChI is InChI=1S/C28H44N2O7/c1-8-9-10-19(2)34-22-13-14-29-21(15-22)16-28(24(31)35-27(6,7)37-28)23(18-33-17-20-11-12-20)30-25(32)36-26(3,4)5/h13-15,19-20,23H,8-12,16-18H2,1-7H3,(H,30,32)/t19-,23+,28-/m1/s1. The summed E-state index contributed by atoms with van der Waals surface area (Å²) in [6.07, 6.45) is 6.46. The molecule has 0 bridgehead atoms. The lowest BCUT2D eigenvalue weighted by atomic mass is 9.88. The van der Waals surface area contributed by atoms with Crippen molar-refractivity contribution in [3.8, 4) is 5.75 Å². The van der Waals surface area contributed by atoms with Crippen LogP contribution in [-0.2, 0) is 30.2 Å². The van der Waals surface area contributed by atoms with Crippen molar-refractivity contribution < 1.29 is 33.3 Å². The van der Waals surface area contributed by atoms with Gasteiger partial charge in [-0.05, 0) is 58.9 Å². The summed E-state index contributed by atoms with van der Waals surface area (Å²) in [6.45, 7) is 13.5. The fraction of sp³-hybridized carbons (Fsp3) is 0.750. The van der Waals surface area contributed by atoms with E-state index in [0.717, 1.165) is 32.1 Å². The van der Waals surface area contributed by atoms with E-state index in [1.807, 2.05) is 13.0 Å². The van der Waals surface area contributed by atoms with Gasteiger partial charge in [-0.3, -0.25) is 4.98 Å². The van der Waals surface area contributed by atoms with Crippen molar-refractivity contribution in [3.63, 3.8) is 0 Å². The summed E-state index contributed by atoms with van der Waals surface area (Å²) in [4.78, 5) is 30.8. The van der Waals surface area contributed by atoms with Crippen molar-refractivity contribution in [2.45, 2.75) is 116 Å². The zero-order chi connectivity index (χ0) is 27.3.